The third kappa shape index (κ3) is 3.29. The van der Waals surface area contributed by atoms with Gasteiger partial charge in [0.25, 0.3) is 0 Å². The van der Waals surface area contributed by atoms with Gasteiger partial charge in [-0.1, -0.05) is 12.8 Å². The first-order chi connectivity index (χ1) is 6.40. The third-order valence-electron chi connectivity index (χ3n) is 2.53. The Morgan fingerprint density at radius 2 is 1.86 bits per heavy atom. The maximum atomic E-state index is 11.7. The van der Waals surface area contributed by atoms with Crippen molar-refractivity contribution in [2.45, 2.75) is 58.1 Å². The first kappa shape index (κ1) is 11.5. The van der Waals surface area contributed by atoms with Gasteiger partial charge in [0.15, 0.2) is 0 Å². The van der Waals surface area contributed by atoms with Crippen LogP contribution in [0.5, 0.6) is 0 Å². The van der Waals surface area contributed by atoms with Crippen LogP contribution in [0.25, 0.3) is 0 Å². The van der Waals surface area contributed by atoms with E-state index in [1.807, 2.05) is 20.8 Å². The molecule has 0 saturated heterocycles. The second-order valence-corrected chi connectivity index (χ2v) is 5.09. The first-order valence-corrected chi connectivity index (χ1v) is 5.38. The normalized spacial score (nSPS) is 28.6. The highest BCUT2D eigenvalue weighted by molar-refractivity contribution is 5.73. The van der Waals surface area contributed by atoms with E-state index in [4.69, 9.17) is 10.5 Å². The van der Waals surface area contributed by atoms with Gasteiger partial charge in [-0.05, 0) is 33.6 Å². The summed E-state index contributed by atoms with van der Waals surface area (Å²) in [7, 11) is 0. The van der Waals surface area contributed by atoms with E-state index >= 15 is 0 Å². The fourth-order valence-electron chi connectivity index (χ4n) is 1.83. The highest BCUT2D eigenvalue weighted by Gasteiger charge is 2.31. The average Bonchev–Trinajstić information content (AvgIpc) is 2.01. The fraction of sp³-hybridized carbons (Fsp3) is 0.909. The molecule has 2 atom stereocenters. The summed E-state index contributed by atoms with van der Waals surface area (Å²) in [6.45, 7) is 5.66. The first-order valence-electron chi connectivity index (χ1n) is 5.38. The molecule has 0 heterocycles. The lowest BCUT2D eigenvalue weighted by molar-refractivity contribution is -0.161. The minimum Gasteiger partial charge on any atom is -0.460 e. The van der Waals surface area contributed by atoms with Crippen LogP contribution >= 0.6 is 0 Å². The van der Waals surface area contributed by atoms with E-state index in [2.05, 4.69) is 0 Å². The molecule has 1 fully saturated rings. The Balaban J connectivity index is 2.50. The zero-order chi connectivity index (χ0) is 10.8. The number of carbonyl (C=O) groups excluding carboxylic acids is 1. The maximum absolute atomic E-state index is 11.7. The van der Waals surface area contributed by atoms with E-state index in [9.17, 15) is 4.79 Å². The van der Waals surface area contributed by atoms with Gasteiger partial charge in [-0.3, -0.25) is 4.79 Å². The monoisotopic (exact) mass is 199 g/mol. The molecule has 0 radical (unpaired) electrons. The summed E-state index contributed by atoms with van der Waals surface area (Å²) >= 11 is 0. The van der Waals surface area contributed by atoms with Crippen molar-refractivity contribution < 1.29 is 9.53 Å². The van der Waals surface area contributed by atoms with Crippen molar-refractivity contribution in [1.82, 2.24) is 0 Å². The lowest BCUT2D eigenvalue weighted by Gasteiger charge is -2.30. The number of carbonyl (C=O) groups is 1. The zero-order valence-electron chi connectivity index (χ0n) is 9.38. The van der Waals surface area contributed by atoms with Crippen molar-refractivity contribution in [3.63, 3.8) is 0 Å². The summed E-state index contributed by atoms with van der Waals surface area (Å²) < 4.78 is 5.33. The second kappa shape index (κ2) is 4.30. The van der Waals surface area contributed by atoms with Gasteiger partial charge in [0.1, 0.15) is 5.60 Å². The minimum atomic E-state index is -0.395. The van der Waals surface area contributed by atoms with Crippen LogP contribution in [0.15, 0.2) is 0 Å². The highest BCUT2D eigenvalue weighted by Crippen LogP contribution is 2.25. The van der Waals surface area contributed by atoms with Crippen LogP contribution in [-0.4, -0.2) is 17.6 Å². The molecular weight excluding hydrogens is 178 g/mol. The summed E-state index contributed by atoms with van der Waals surface area (Å²) in [4.78, 5) is 11.7. The van der Waals surface area contributed by atoms with E-state index < -0.39 is 5.60 Å². The smallest absolute Gasteiger partial charge is 0.311 e. The van der Waals surface area contributed by atoms with E-state index in [0.717, 1.165) is 25.7 Å². The molecule has 0 unspecified atom stereocenters. The molecule has 3 nitrogen and oxygen atoms in total. The van der Waals surface area contributed by atoms with E-state index in [1.54, 1.807) is 0 Å². The van der Waals surface area contributed by atoms with Crippen LogP contribution in [0.4, 0.5) is 0 Å². The number of ether oxygens (including phenoxy) is 1. The molecule has 3 heteroatoms. The molecule has 14 heavy (non-hydrogen) atoms. The summed E-state index contributed by atoms with van der Waals surface area (Å²) in [6.07, 6.45) is 4.07. The number of nitrogens with two attached hydrogens (primary N) is 1. The Labute approximate surface area is 86.0 Å². The van der Waals surface area contributed by atoms with Crippen molar-refractivity contribution >= 4 is 5.97 Å². The predicted molar refractivity (Wildman–Crippen MR) is 55.8 cm³/mol. The molecular formula is C11H21NO2. The quantitative estimate of drug-likeness (QED) is 0.656. The van der Waals surface area contributed by atoms with Crippen LogP contribution in [0.3, 0.4) is 0 Å². The molecule has 0 spiro atoms. The Bertz CT molecular complexity index is 208. The summed E-state index contributed by atoms with van der Waals surface area (Å²) in [6, 6.07) is -0.00130. The molecule has 0 aromatic carbocycles. The average molecular weight is 199 g/mol. The lowest BCUT2D eigenvalue weighted by Crippen LogP contribution is -2.41. The van der Waals surface area contributed by atoms with Gasteiger partial charge >= 0.3 is 5.97 Å². The van der Waals surface area contributed by atoms with Gasteiger partial charge in [0.05, 0.1) is 5.92 Å². The minimum absolute atomic E-state index is 0.00130. The molecule has 2 N–H and O–H groups in total. The van der Waals surface area contributed by atoms with Gasteiger partial charge < -0.3 is 10.5 Å². The Morgan fingerprint density at radius 3 is 2.36 bits per heavy atom. The van der Waals surface area contributed by atoms with Crippen LogP contribution < -0.4 is 5.73 Å². The molecule has 1 aliphatic rings. The molecule has 1 saturated carbocycles. The standard InChI is InChI=1S/C11H21NO2/c1-11(2,3)14-10(13)8-6-4-5-7-9(8)12/h8-9H,4-7,12H2,1-3H3/t8-,9+/m0/s1. The van der Waals surface area contributed by atoms with Gasteiger partial charge in [0.2, 0.25) is 0 Å². The van der Waals surface area contributed by atoms with Crippen LogP contribution in [-0.2, 0) is 9.53 Å². The van der Waals surface area contributed by atoms with Crippen molar-refractivity contribution in [2.75, 3.05) is 0 Å². The zero-order valence-corrected chi connectivity index (χ0v) is 9.38. The third-order valence-corrected chi connectivity index (χ3v) is 2.53. The van der Waals surface area contributed by atoms with Gasteiger partial charge in [-0.2, -0.15) is 0 Å². The number of esters is 1. The highest BCUT2D eigenvalue weighted by atomic mass is 16.6. The number of hydrogen-bond donors (Lipinski definition) is 1. The SMILES string of the molecule is CC(C)(C)OC(=O)[C@H]1CCCC[C@H]1N. The van der Waals surface area contributed by atoms with Crippen LogP contribution in [0, 0.1) is 5.92 Å². The van der Waals surface area contributed by atoms with Gasteiger partial charge in [-0.25, -0.2) is 0 Å². The summed E-state index contributed by atoms with van der Waals surface area (Å²) in [5.74, 6) is -0.201. The number of rotatable bonds is 1. The molecule has 0 amide bonds. The van der Waals surface area contributed by atoms with Crippen molar-refractivity contribution in [1.29, 1.82) is 0 Å². The van der Waals surface area contributed by atoms with Crippen molar-refractivity contribution in [3.8, 4) is 0 Å². The molecule has 1 aliphatic carbocycles. The lowest BCUT2D eigenvalue weighted by atomic mass is 9.85. The topological polar surface area (TPSA) is 52.3 Å². The van der Waals surface area contributed by atoms with Crippen LogP contribution in [0.2, 0.25) is 0 Å². The number of hydrogen-bond acceptors (Lipinski definition) is 3. The van der Waals surface area contributed by atoms with Crippen molar-refractivity contribution in [2.24, 2.45) is 11.7 Å². The van der Waals surface area contributed by atoms with Gasteiger partial charge in [0, 0.05) is 6.04 Å². The molecule has 82 valence electrons. The van der Waals surface area contributed by atoms with Crippen molar-refractivity contribution in [3.05, 3.63) is 0 Å². The maximum Gasteiger partial charge on any atom is 0.311 e. The predicted octanol–water partition coefficient (Wildman–Crippen LogP) is 1.85. The molecule has 0 bridgehead atoms. The summed E-state index contributed by atoms with van der Waals surface area (Å²) in [5.41, 5.74) is 5.50. The Hall–Kier alpha value is -0.570. The van der Waals surface area contributed by atoms with Gasteiger partial charge in [-0.15, -0.1) is 0 Å². The Kier molecular flexibility index (Phi) is 3.53. The molecule has 0 aliphatic heterocycles. The van der Waals surface area contributed by atoms with Crippen LogP contribution in [0.1, 0.15) is 46.5 Å². The largest absolute Gasteiger partial charge is 0.460 e. The fourth-order valence-corrected chi connectivity index (χ4v) is 1.83. The second-order valence-electron chi connectivity index (χ2n) is 5.09. The molecule has 1 rings (SSSR count). The molecule has 0 aromatic heterocycles. The molecule has 0 aromatic rings. The van der Waals surface area contributed by atoms with E-state index in [-0.39, 0.29) is 17.9 Å². The van der Waals surface area contributed by atoms with E-state index in [0.29, 0.717) is 0 Å². The summed E-state index contributed by atoms with van der Waals surface area (Å²) in [5, 5.41) is 0. The Morgan fingerprint density at radius 1 is 1.29 bits per heavy atom. The van der Waals surface area contributed by atoms with E-state index in [1.165, 1.54) is 0 Å².